The number of hydrogen-bond acceptors (Lipinski definition) is 5. The number of thiophene rings is 1. The Bertz CT molecular complexity index is 968. The number of halogens is 1. The molecule has 0 unspecified atom stereocenters. The summed E-state index contributed by atoms with van der Waals surface area (Å²) in [5.41, 5.74) is 4.33. The summed E-state index contributed by atoms with van der Waals surface area (Å²) in [6.07, 6.45) is 0. The second kappa shape index (κ2) is 5.43. The van der Waals surface area contributed by atoms with Gasteiger partial charge in [0.2, 0.25) is 0 Å². The van der Waals surface area contributed by atoms with Crippen LogP contribution in [0, 0.1) is 20.8 Å². The normalized spacial score (nSPS) is 13.4. The van der Waals surface area contributed by atoms with Crippen molar-refractivity contribution in [3.63, 3.8) is 0 Å². The topological polar surface area (TPSA) is 46.3 Å². The van der Waals surface area contributed by atoms with Crippen LogP contribution in [0.1, 0.15) is 27.4 Å². The van der Waals surface area contributed by atoms with E-state index >= 15 is 0 Å². The fourth-order valence-electron chi connectivity index (χ4n) is 2.90. The first-order valence-electron chi connectivity index (χ1n) is 7.58. The zero-order valence-corrected chi connectivity index (χ0v) is 15.4. The lowest BCUT2D eigenvalue weighted by Crippen LogP contribution is -2.15. The monoisotopic (exact) mass is 357 g/mol. The summed E-state index contributed by atoms with van der Waals surface area (Å²) in [6.45, 7) is 6.24. The second-order valence-corrected chi connectivity index (χ2v) is 7.46. The van der Waals surface area contributed by atoms with Gasteiger partial charge in [-0.25, -0.2) is 5.01 Å². The van der Waals surface area contributed by atoms with Crippen LogP contribution in [0.2, 0.25) is 5.02 Å². The number of hydrazone groups is 1. The molecular formula is C17H16ClN5S. The third kappa shape index (κ3) is 2.17. The standard InChI is InChI=1S/C17H16ClN5S/c1-9-10(2)24-16-14(9)15(12-5-7-13(18)8-6-12)21-22(4)17-20-19-11(3)23(16)17/h5-8H,1-4H3. The lowest BCUT2D eigenvalue weighted by atomic mass is 10.00. The number of fused-ring (bicyclic) bond motifs is 3. The Kier molecular flexibility index (Phi) is 3.47. The summed E-state index contributed by atoms with van der Waals surface area (Å²) < 4.78 is 2.08. The number of anilines is 1. The summed E-state index contributed by atoms with van der Waals surface area (Å²) in [5.74, 6) is 1.57. The zero-order valence-electron chi connectivity index (χ0n) is 13.8. The molecule has 1 aromatic carbocycles. The minimum atomic E-state index is 0.716. The van der Waals surface area contributed by atoms with Crippen LogP contribution in [0.4, 0.5) is 5.95 Å². The molecule has 1 aliphatic heterocycles. The van der Waals surface area contributed by atoms with E-state index in [1.807, 2.05) is 38.2 Å². The minimum Gasteiger partial charge on any atom is -0.254 e. The largest absolute Gasteiger partial charge is 0.254 e. The van der Waals surface area contributed by atoms with E-state index in [0.29, 0.717) is 5.02 Å². The molecule has 1 aliphatic rings. The number of aryl methyl sites for hydroxylation is 2. The van der Waals surface area contributed by atoms with Crippen LogP contribution in [0.3, 0.4) is 0 Å². The Morgan fingerprint density at radius 2 is 1.75 bits per heavy atom. The summed E-state index contributed by atoms with van der Waals surface area (Å²) in [5, 5.41) is 17.0. The highest BCUT2D eigenvalue weighted by Crippen LogP contribution is 2.37. The van der Waals surface area contributed by atoms with E-state index < -0.39 is 0 Å². The van der Waals surface area contributed by atoms with Crippen LogP contribution in [0.25, 0.3) is 5.00 Å². The van der Waals surface area contributed by atoms with Crippen molar-refractivity contribution < 1.29 is 0 Å². The van der Waals surface area contributed by atoms with Crippen molar-refractivity contribution in [1.82, 2.24) is 14.8 Å². The lowest BCUT2D eigenvalue weighted by molar-refractivity contribution is 0.905. The summed E-state index contributed by atoms with van der Waals surface area (Å²) in [6, 6.07) is 7.79. The van der Waals surface area contributed by atoms with Crippen molar-refractivity contribution >= 4 is 34.6 Å². The molecule has 0 atom stereocenters. The molecule has 3 heterocycles. The predicted molar refractivity (Wildman–Crippen MR) is 98.9 cm³/mol. The molecule has 0 bridgehead atoms. The summed E-state index contributed by atoms with van der Waals surface area (Å²) in [7, 11) is 1.90. The van der Waals surface area contributed by atoms with Crippen LogP contribution in [-0.4, -0.2) is 27.5 Å². The Morgan fingerprint density at radius 3 is 2.46 bits per heavy atom. The van der Waals surface area contributed by atoms with E-state index in [9.17, 15) is 0 Å². The van der Waals surface area contributed by atoms with E-state index in [1.165, 1.54) is 10.4 Å². The number of hydrogen-bond donors (Lipinski definition) is 0. The molecule has 2 aromatic heterocycles. The van der Waals surface area contributed by atoms with Crippen LogP contribution in [0.15, 0.2) is 29.4 Å². The van der Waals surface area contributed by atoms with Crippen LogP contribution in [-0.2, 0) is 0 Å². The molecule has 4 rings (SSSR count). The van der Waals surface area contributed by atoms with Crippen molar-refractivity contribution in [3.8, 4) is 5.00 Å². The van der Waals surface area contributed by atoms with Crippen molar-refractivity contribution in [3.05, 3.63) is 56.7 Å². The first-order chi connectivity index (χ1) is 11.5. The van der Waals surface area contributed by atoms with Gasteiger partial charge in [0.15, 0.2) is 0 Å². The minimum absolute atomic E-state index is 0.716. The molecule has 0 amide bonds. The van der Waals surface area contributed by atoms with Crippen molar-refractivity contribution in [1.29, 1.82) is 0 Å². The number of aromatic nitrogens is 3. The Morgan fingerprint density at radius 1 is 1.04 bits per heavy atom. The maximum Gasteiger partial charge on any atom is 0.252 e. The van der Waals surface area contributed by atoms with Crippen LogP contribution >= 0.6 is 22.9 Å². The van der Waals surface area contributed by atoms with Crippen LogP contribution < -0.4 is 5.01 Å². The van der Waals surface area contributed by atoms with E-state index in [1.54, 1.807) is 16.3 Å². The molecule has 5 nitrogen and oxygen atoms in total. The summed E-state index contributed by atoms with van der Waals surface area (Å²) in [4.78, 5) is 1.27. The van der Waals surface area contributed by atoms with Gasteiger partial charge in [-0.1, -0.05) is 23.7 Å². The fourth-order valence-corrected chi connectivity index (χ4v) is 4.23. The van der Waals surface area contributed by atoms with Gasteiger partial charge in [0.25, 0.3) is 5.95 Å². The van der Waals surface area contributed by atoms with Gasteiger partial charge in [-0.3, -0.25) is 4.57 Å². The van der Waals surface area contributed by atoms with Crippen LogP contribution in [0.5, 0.6) is 0 Å². The van der Waals surface area contributed by atoms with Gasteiger partial charge in [0.1, 0.15) is 16.5 Å². The molecular weight excluding hydrogens is 342 g/mol. The van der Waals surface area contributed by atoms with Gasteiger partial charge in [0.05, 0.1) is 0 Å². The fraction of sp³-hybridized carbons (Fsp3) is 0.235. The van der Waals surface area contributed by atoms with Gasteiger partial charge < -0.3 is 0 Å². The number of nitrogens with zero attached hydrogens (tertiary/aromatic N) is 5. The number of rotatable bonds is 1. The molecule has 0 N–H and O–H groups in total. The average molecular weight is 358 g/mol. The molecule has 7 heteroatoms. The quantitative estimate of drug-likeness (QED) is 0.658. The van der Waals surface area contributed by atoms with E-state index in [-0.39, 0.29) is 0 Å². The van der Waals surface area contributed by atoms with Gasteiger partial charge in [-0.15, -0.1) is 21.5 Å². The van der Waals surface area contributed by atoms with Gasteiger partial charge in [0, 0.05) is 28.1 Å². The predicted octanol–water partition coefficient (Wildman–Crippen LogP) is 4.11. The highest BCUT2D eigenvalue weighted by molar-refractivity contribution is 7.15. The SMILES string of the molecule is Cc1sc2c(c1C)C(c1ccc(Cl)cc1)=NN(C)c1nnc(C)n1-2. The molecule has 122 valence electrons. The highest BCUT2D eigenvalue weighted by Gasteiger charge is 2.28. The van der Waals surface area contributed by atoms with Crippen molar-refractivity contribution in [2.45, 2.75) is 20.8 Å². The summed E-state index contributed by atoms with van der Waals surface area (Å²) >= 11 is 7.80. The highest BCUT2D eigenvalue weighted by atomic mass is 35.5. The van der Waals surface area contributed by atoms with E-state index in [0.717, 1.165) is 33.6 Å². The lowest BCUT2D eigenvalue weighted by Gasteiger charge is -2.11. The van der Waals surface area contributed by atoms with Crippen molar-refractivity contribution in [2.24, 2.45) is 5.10 Å². The zero-order chi connectivity index (χ0) is 17.0. The molecule has 3 aromatic rings. The van der Waals surface area contributed by atoms with E-state index in [4.69, 9.17) is 16.7 Å². The first-order valence-corrected chi connectivity index (χ1v) is 8.78. The third-order valence-corrected chi connectivity index (χ3v) is 5.72. The van der Waals surface area contributed by atoms with Gasteiger partial charge in [-0.2, -0.15) is 5.10 Å². The van der Waals surface area contributed by atoms with Crippen molar-refractivity contribution in [2.75, 3.05) is 12.1 Å². The number of benzene rings is 1. The molecule has 0 spiro atoms. The van der Waals surface area contributed by atoms with Gasteiger partial charge in [-0.05, 0) is 38.5 Å². The molecule has 0 radical (unpaired) electrons. The molecule has 0 aliphatic carbocycles. The average Bonchev–Trinajstić information content (AvgIpc) is 3.03. The Labute approximate surface area is 149 Å². The molecule has 0 saturated carbocycles. The maximum atomic E-state index is 6.05. The smallest absolute Gasteiger partial charge is 0.252 e. The molecule has 0 fully saturated rings. The molecule has 24 heavy (non-hydrogen) atoms. The Hall–Kier alpha value is -2.18. The van der Waals surface area contributed by atoms with E-state index in [2.05, 4.69) is 28.6 Å². The van der Waals surface area contributed by atoms with Gasteiger partial charge >= 0.3 is 0 Å². The second-order valence-electron chi connectivity index (χ2n) is 5.83. The first kappa shape index (κ1) is 15.4. The maximum absolute atomic E-state index is 6.05. The third-order valence-electron chi connectivity index (χ3n) is 4.27. The Balaban J connectivity index is 2.04. The molecule has 0 saturated heterocycles.